The van der Waals surface area contributed by atoms with Crippen LogP contribution in [0, 0.1) is 5.92 Å². The maximum atomic E-state index is 11.6. The van der Waals surface area contributed by atoms with Crippen molar-refractivity contribution in [1.29, 1.82) is 0 Å². The van der Waals surface area contributed by atoms with Gasteiger partial charge in [-0.3, -0.25) is 0 Å². The molecule has 0 aromatic carbocycles. The van der Waals surface area contributed by atoms with Crippen LogP contribution in [0.3, 0.4) is 0 Å². The zero-order valence-corrected chi connectivity index (χ0v) is 11.0. The molecule has 0 radical (unpaired) electrons. The number of nitrogens with zero attached hydrogens (tertiary/aromatic N) is 1. The van der Waals surface area contributed by atoms with E-state index in [1.807, 2.05) is 20.8 Å². The number of ether oxygens (including phenoxy) is 1. The zero-order chi connectivity index (χ0) is 11.6. The predicted octanol–water partition coefficient (Wildman–Crippen LogP) is 1.61. The van der Waals surface area contributed by atoms with Crippen LogP contribution in [0.25, 0.3) is 0 Å². The topological polar surface area (TPSA) is 49.8 Å². The number of likely N-dealkylation sites (tertiary alicyclic amines) is 1. The van der Waals surface area contributed by atoms with Gasteiger partial charge in [0, 0.05) is 17.8 Å². The number of aliphatic hydroxyl groups excluding tert-OH is 1. The van der Waals surface area contributed by atoms with Crippen molar-refractivity contribution in [3.8, 4) is 0 Å². The average molecular weight is 280 g/mol. The lowest BCUT2D eigenvalue weighted by molar-refractivity contribution is 0.0270. The van der Waals surface area contributed by atoms with Gasteiger partial charge in [-0.2, -0.15) is 0 Å². The summed E-state index contributed by atoms with van der Waals surface area (Å²) in [6.45, 7) is 6.42. The Bertz CT molecular complexity index is 239. The number of hydrogen-bond donors (Lipinski definition) is 1. The minimum Gasteiger partial charge on any atom is -0.444 e. The van der Waals surface area contributed by atoms with Crippen molar-refractivity contribution < 1.29 is 14.6 Å². The highest BCUT2D eigenvalue weighted by atomic mass is 79.9. The van der Waals surface area contributed by atoms with Crippen molar-refractivity contribution in [2.75, 3.05) is 18.4 Å². The molecule has 1 fully saturated rings. The molecule has 0 spiro atoms. The number of carbonyl (C=O) groups excluding carboxylic acids is 1. The van der Waals surface area contributed by atoms with Crippen molar-refractivity contribution >= 4 is 22.0 Å². The van der Waals surface area contributed by atoms with Crippen molar-refractivity contribution in [1.82, 2.24) is 4.90 Å². The molecule has 1 amide bonds. The first-order valence-electron chi connectivity index (χ1n) is 5.05. The van der Waals surface area contributed by atoms with E-state index in [-0.39, 0.29) is 12.0 Å². The van der Waals surface area contributed by atoms with Crippen LogP contribution in [-0.4, -0.2) is 46.2 Å². The van der Waals surface area contributed by atoms with E-state index in [2.05, 4.69) is 15.9 Å². The smallest absolute Gasteiger partial charge is 0.410 e. The number of rotatable bonds is 1. The second kappa shape index (κ2) is 4.70. The molecule has 1 saturated heterocycles. The van der Waals surface area contributed by atoms with Gasteiger partial charge in [-0.05, 0) is 20.8 Å². The molecule has 0 aromatic heterocycles. The van der Waals surface area contributed by atoms with E-state index in [9.17, 15) is 9.90 Å². The number of hydrogen-bond acceptors (Lipinski definition) is 3. The quantitative estimate of drug-likeness (QED) is 0.742. The molecule has 0 aromatic rings. The van der Waals surface area contributed by atoms with E-state index in [0.717, 1.165) is 0 Å². The molecule has 1 aliphatic rings. The van der Waals surface area contributed by atoms with Crippen molar-refractivity contribution in [2.24, 2.45) is 5.92 Å². The monoisotopic (exact) mass is 279 g/mol. The summed E-state index contributed by atoms with van der Waals surface area (Å²) in [6.07, 6.45) is -0.790. The third-order valence-electron chi connectivity index (χ3n) is 2.26. The van der Waals surface area contributed by atoms with Crippen LogP contribution in [0.5, 0.6) is 0 Å². The van der Waals surface area contributed by atoms with E-state index < -0.39 is 11.7 Å². The highest BCUT2D eigenvalue weighted by Crippen LogP contribution is 2.21. The Balaban J connectivity index is 2.50. The van der Waals surface area contributed by atoms with Gasteiger partial charge in [0.15, 0.2) is 0 Å². The van der Waals surface area contributed by atoms with Gasteiger partial charge in [0.1, 0.15) is 5.60 Å². The highest BCUT2D eigenvalue weighted by Gasteiger charge is 2.35. The molecule has 2 atom stereocenters. The molecular formula is C10H18BrNO3. The molecule has 0 saturated carbocycles. The summed E-state index contributed by atoms with van der Waals surface area (Å²) in [5.41, 5.74) is -0.478. The van der Waals surface area contributed by atoms with E-state index in [4.69, 9.17) is 4.74 Å². The van der Waals surface area contributed by atoms with Gasteiger partial charge in [0.2, 0.25) is 0 Å². The second-order valence-corrected chi connectivity index (χ2v) is 5.51. The molecule has 1 aliphatic heterocycles. The van der Waals surface area contributed by atoms with Crippen LogP contribution in [-0.2, 0) is 4.74 Å². The summed E-state index contributed by atoms with van der Waals surface area (Å²) in [4.78, 5) is 13.2. The zero-order valence-electron chi connectivity index (χ0n) is 9.36. The number of carbonyl (C=O) groups is 1. The van der Waals surface area contributed by atoms with Gasteiger partial charge in [0.25, 0.3) is 0 Å². The summed E-state index contributed by atoms with van der Waals surface area (Å²) < 4.78 is 5.22. The maximum Gasteiger partial charge on any atom is 0.410 e. The van der Waals surface area contributed by atoms with Crippen LogP contribution in [0.4, 0.5) is 4.79 Å². The Morgan fingerprint density at radius 1 is 1.53 bits per heavy atom. The van der Waals surface area contributed by atoms with Crippen LogP contribution >= 0.6 is 15.9 Å². The lowest BCUT2D eigenvalue weighted by atomic mass is 10.1. The molecule has 0 unspecified atom stereocenters. The van der Waals surface area contributed by atoms with Crippen LogP contribution in [0.15, 0.2) is 0 Å². The number of β-amino-alcohol motifs (C(OH)–C–C–N with tert-alkyl or cyclic N) is 1. The second-order valence-electron chi connectivity index (χ2n) is 4.87. The van der Waals surface area contributed by atoms with Crippen LogP contribution in [0.2, 0.25) is 0 Å². The van der Waals surface area contributed by atoms with E-state index in [1.54, 1.807) is 4.90 Å². The highest BCUT2D eigenvalue weighted by molar-refractivity contribution is 9.09. The van der Waals surface area contributed by atoms with Gasteiger partial charge >= 0.3 is 6.09 Å². The first kappa shape index (κ1) is 12.8. The lowest BCUT2D eigenvalue weighted by Crippen LogP contribution is -2.35. The predicted molar refractivity (Wildman–Crippen MR) is 61.1 cm³/mol. The average Bonchev–Trinajstić information content (AvgIpc) is 2.43. The fourth-order valence-corrected chi connectivity index (χ4v) is 2.12. The van der Waals surface area contributed by atoms with Gasteiger partial charge in [0.05, 0.1) is 12.6 Å². The summed E-state index contributed by atoms with van der Waals surface area (Å²) in [5, 5.41) is 10.3. The fraction of sp³-hybridized carbons (Fsp3) is 0.900. The molecule has 4 nitrogen and oxygen atoms in total. The molecule has 0 aliphatic carbocycles. The van der Waals surface area contributed by atoms with Crippen LogP contribution < -0.4 is 0 Å². The van der Waals surface area contributed by atoms with Gasteiger partial charge in [-0.1, -0.05) is 15.9 Å². The molecule has 88 valence electrons. The molecule has 1 N–H and O–H groups in total. The molecule has 1 heterocycles. The Kier molecular flexibility index (Phi) is 4.00. The summed E-state index contributed by atoms with van der Waals surface area (Å²) in [7, 11) is 0. The Morgan fingerprint density at radius 2 is 2.13 bits per heavy atom. The number of alkyl halides is 1. The number of amides is 1. The largest absolute Gasteiger partial charge is 0.444 e. The van der Waals surface area contributed by atoms with Crippen LogP contribution in [0.1, 0.15) is 20.8 Å². The van der Waals surface area contributed by atoms with Crippen molar-refractivity contribution in [3.05, 3.63) is 0 Å². The van der Waals surface area contributed by atoms with E-state index in [1.165, 1.54) is 0 Å². The molecule has 0 bridgehead atoms. The minimum absolute atomic E-state index is 0.109. The summed E-state index contributed by atoms with van der Waals surface area (Å²) in [5.74, 6) is 0.109. The Hall–Kier alpha value is -0.290. The molecule has 15 heavy (non-hydrogen) atoms. The summed E-state index contributed by atoms with van der Waals surface area (Å²) in [6, 6.07) is 0. The maximum absolute atomic E-state index is 11.6. The Labute approximate surface area is 98.7 Å². The van der Waals surface area contributed by atoms with Gasteiger partial charge in [-0.25, -0.2) is 4.79 Å². The summed E-state index contributed by atoms with van der Waals surface area (Å²) >= 11 is 3.32. The fourth-order valence-electron chi connectivity index (χ4n) is 1.48. The molecule has 5 heteroatoms. The first-order valence-corrected chi connectivity index (χ1v) is 6.17. The van der Waals surface area contributed by atoms with Crippen molar-refractivity contribution in [3.63, 3.8) is 0 Å². The lowest BCUT2D eigenvalue weighted by Gasteiger charge is -2.24. The molecule has 1 rings (SSSR count). The minimum atomic E-state index is -0.478. The first-order chi connectivity index (χ1) is 6.83. The molecular weight excluding hydrogens is 262 g/mol. The van der Waals surface area contributed by atoms with E-state index >= 15 is 0 Å². The SMILES string of the molecule is CC(C)(C)OC(=O)N1C[C@H](CBr)[C@@H](O)C1. The number of halogens is 1. The van der Waals surface area contributed by atoms with Crippen molar-refractivity contribution in [2.45, 2.75) is 32.5 Å². The third kappa shape index (κ3) is 3.65. The van der Waals surface area contributed by atoms with E-state index in [0.29, 0.717) is 18.4 Å². The van der Waals surface area contributed by atoms with Gasteiger partial charge in [-0.15, -0.1) is 0 Å². The third-order valence-corrected chi connectivity index (χ3v) is 3.09. The Morgan fingerprint density at radius 3 is 2.53 bits per heavy atom. The number of aliphatic hydroxyl groups is 1. The normalized spacial score (nSPS) is 26.9. The van der Waals surface area contributed by atoms with Gasteiger partial charge < -0.3 is 14.7 Å². The standard InChI is InChI=1S/C10H18BrNO3/c1-10(2,3)15-9(14)12-5-7(4-11)8(13)6-12/h7-8,13H,4-6H2,1-3H3/t7-,8-/m0/s1.